The molecule has 1 atom stereocenters. The third-order valence-electron chi connectivity index (χ3n) is 6.57. The van der Waals surface area contributed by atoms with Gasteiger partial charge in [-0.2, -0.15) is 10.3 Å². The molecule has 1 fully saturated rings. The van der Waals surface area contributed by atoms with E-state index in [1.54, 1.807) is 24.3 Å². The Morgan fingerprint density at radius 2 is 1.88 bits per heavy atom. The van der Waals surface area contributed by atoms with Crippen molar-refractivity contribution in [2.45, 2.75) is 32.2 Å². The standard InChI is InChI=1S/C30H26F3N7O2S/c1-2-20-6-3-4-7-26(20)39-16-5-17-43-29(39)37-28(41)36-25(18-34)21-8-10-22(11-9-21)27-35-19-40(38-27)23-12-14-24(15-13-23)42-30(31,32)33/h3-4,6-15,19,25H,2,5,16-17H2,1H3,(H,36,41)/b37-29-. The van der Waals surface area contributed by atoms with E-state index in [-0.39, 0.29) is 5.75 Å². The number of alkyl halides is 3. The van der Waals surface area contributed by atoms with E-state index in [0.29, 0.717) is 27.8 Å². The molecule has 4 aromatic rings. The van der Waals surface area contributed by atoms with Crippen molar-refractivity contribution in [3.63, 3.8) is 0 Å². The number of halogens is 3. The number of hydrogen-bond acceptors (Lipinski definition) is 6. The first-order valence-electron chi connectivity index (χ1n) is 13.4. The summed E-state index contributed by atoms with van der Waals surface area (Å²) in [6.45, 7) is 2.84. The fraction of sp³-hybridized carbons (Fsp3) is 0.233. The Labute approximate surface area is 250 Å². The number of ether oxygens (including phenoxy) is 1. The minimum atomic E-state index is -4.77. The van der Waals surface area contributed by atoms with Crippen LogP contribution in [0.4, 0.5) is 23.7 Å². The number of aromatic nitrogens is 3. The highest BCUT2D eigenvalue weighted by atomic mass is 32.2. The molecule has 1 N–H and O–H groups in total. The summed E-state index contributed by atoms with van der Waals surface area (Å²) >= 11 is 1.51. The van der Waals surface area contributed by atoms with Crippen LogP contribution in [0.1, 0.15) is 30.5 Å². The van der Waals surface area contributed by atoms with Gasteiger partial charge in [0.15, 0.2) is 11.0 Å². The summed E-state index contributed by atoms with van der Waals surface area (Å²) in [5.41, 5.74) is 3.89. The second-order valence-corrected chi connectivity index (χ2v) is 10.5. The minimum absolute atomic E-state index is 0.339. The number of anilines is 1. The molecule has 9 nitrogen and oxygen atoms in total. The quantitative estimate of drug-likeness (QED) is 0.251. The van der Waals surface area contributed by atoms with E-state index in [9.17, 15) is 23.2 Å². The van der Waals surface area contributed by atoms with Gasteiger partial charge in [-0.25, -0.2) is 14.5 Å². The molecule has 1 aliphatic rings. The van der Waals surface area contributed by atoms with Crippen LogP contribution in [0.2, 0.25) is 0 Å². The first kappa shape index (κ1) is 29.7. The van der Waals surface area contributed by atoms with Gasteiger partial charge in [-0.3, -0.25) is 0 Å². The number of rotatable bonds is 7. The van der Waals surface area contributed by atoms with Crippen molar-refractivity contribution in [3.05, 3.63) is 90.3 Å². The average molecular weight is 606 g/mol. The molecule has 1 saturated heterocycles. The summed E-state index contributed by atoms with van der Waals surface area (Å²) in [6.07, 6.45) is -1.52. The Hall–Kier alpha value is -4.83. The number of urea groups is 1. The zero-order chi connectivity index (χ0) is 30.4. The number of benzene rings is 3. The second-order valence-electron chi connectivity index (χ2n) is 9.42. The van der Waals surface area contributed by atoms with E-state index in [1.165, 1.54) is 52.6 Å². The number of aliphatic imine (C=N–C) groups is 1. The van der Waals surface area contributed by atoms with Crippen molar-refractivity contribution in [1.82, 2.24) is 20.1 Å². The summed E-state index contributed by atoms with van der Waals surface area (Å²) < 4.78 is 42.6. The fourth-order valence-electron chi connectivity index (χ4n) is 4.53. The molecular weight excluding hydrogens is 579 g/mol. The summed E-state index contributed by atoms with van der Waals surface area (Å²) in [6, 6.07) is 20.7. The first-order valence-corrected chi connectivity index (χ1v) is 14.4. The predicted molar refractivity (Wildman–Crippen MR) is 158 cm³/mol. The Bertz CT molecular complexity index is 1650. The van der Waals surface area contributed by atoms with Crippen molar-refractivity contribution in [1.29, 1.82) is 5.26 Å². The number of carbonyl (C=O) groups excluding carboxylic acids is 1. The third kappa shape index (κ3) is 7.34. The lowest BCUT2D eigenvalue weighted by molar-refractivity contribution is -0.274. The van der Waals surface area contributed by atoms with Crippen LogP contribution in [-0.2, 0) is 6.42 Å². The molecule has 0 aliphatic carbocycles. The highest BCUT2D eigenvalue weighted by Gasteiger charge is 2.31. The van der Waals surface area contributed by atoms with Gasteiger partial charge in [0.25, 0.3) is 0 Å². The lowest BCUT2D eigenvalue weighted by Gasteiger charge is -2.31. The monoisotopic (exact) mass is 605 g/mol. The predicted octanol–water partition coefficient (Wildman–Crippen LogP) is 6.67. The maximum Gasteiger partial charge on any atom is 0.573 e. The summed E-state index contributed by atoms with van der Waals surface area (Å²) in [5, 5.41) is 17.5. The van der Waals surface area contributed by atoms with Gasteiger partial charge in [-0.05, 0) is 54.3 Å². The van der Waals surface area contributed by atoms with Crippen molar-refractivity contribution in [3.8, 4) is 28.9 Å². The van der Waals surface area contributed by atoms with Crippen LogP contribution < -0.4 is 15.0 Å². The molecule has 1 unspecified atom stereocenters. The molecule has 220 valence electrons. The summed E-state index contributed by atoms with van der Waals surface area (Å²) in [4.78, 5) is 23.6. The number of thioether (sulfide) groups is 1. The van der Waals surface area contributed by atoms with Crippen LogP contribution in [-0.4, -0.2) is 44.6 Å². The van der Waals surface area contributed by atoms with Gasteiger partial charge < -0.3 is 15.0 Å². The number of para-hydroxylation sites is 1. The van der Waals surface area contributed by atoms with E-state index >= 15 is 0 Å². The smallest absolute Gasteiger partial charge is 0.406 e. The van der Waals surface area contributed by atoms with Crippen LogP contribution >= 0.6 is 11.8 Å². The molecule has 1 aliphatic heterocycles. The number of hydrogen-bond donors (Lipinski definition) is 1. The first-order chi connectivity index (χ1) is 20.7. The molecule has 3 aromatic carbocycles. The molecule has 0 saturated carbocycles. The third-order valence-corrected chi connectivity index (χ3v) is 7.64. The number of amides is 2. The molecule has 0 radical (unpaired) electrons. The fourth-order valence-corrected chi connectivity index (χ4v) is 5.48. The Morgan fingerprint density at radius 1 is 1.14 bits per heavy atom. The van der Waals surface area contributed by atoms with Gasteiger partial charge in [-0.1, -0.05) is 61.2 Å². The zero-order valence-corrected chi connectivity index (χ0v) is 23.8. The maximum absolute atomic E-state index is 12.9. The average Bonchev–Trinajstić information content (AvgIpc) is 3.50. The Kier molecular flexibility index (Phi) is 8.96. The largest absolute Gasteiger partial charge is 0.573 e. The number of amidine groups is 1. The topological polar surface area (TPSA) is 108 Å². The van der Waals surface area contributed by atoms with Crippen LogP contribution in [0.15, 0.2) is 84.1 Å². The van der Waals surface area contributed by atoms with Crippen LogP contribution in [0.5, 0.6) is 5.75 Å². The Balaban J connectivity index is 1.26. The van der Waals surface area contributed by atoms with E-state index in [1.807, 2.05) is 18.2 Å². The second kappa shape index (κ2) is 13.0. The highest BCUT2D eigenvalue weighted by Crippen LogP contribution is 2.29. The van der Waals surface area contributed by atoms with E-state index < -0.39 is 18.4 Å². The van der Waals surface area contributed by atoms with Gasteiger partial charge in [0.05, 0.1) is 11.8 Å². The number of aryl methyl sites for hydroxylation is 1. The van der Waals surface area contributed by atoms with Gasteiger partial charge in [0.2, 0.25) is 0 Å². The van der Waals surface area contributed by atoms with Crippen molar-refractivity contribution >= 4 is 28.6 Å². The molecule has 5 rings (SSSR count). The van der Waals surface area contributed by atoms with Gasteiger partial charge in [0.1, 0.15) is 18.1 Å². The SMILES string of the molecule is CCc1ccccc1N1CCCS/C1=N\C(=O)NC(C#N)c1ccc(-c2ncn(-c3ccc(OC(F)(F)F)cc3)n2)cc1. The molecule has 0 spiro atoms. The lowest BCUT2D eigenvalue weighted by atomic mass is 10.1. The molecule has 2 amide bonds. The van der Waals surface area contributed by atoms with Gasteiger partial charge in [0, 0.05) is 23.5 Å². The Morgan fingerprint density at radius 3 is 2.58 bits per heavy atom. The van der Waals surface area contributed by atoms with Crippen LogP contribution in [0.3, 0.4) is 0 Å². The van der Waals surface area contributed by atoms with Gasteiger partial charge >= 0.3 is 12.4 Å². The molecule has 13 heteroatoms. The normalized spacial score (nSPS) is 15.1. The lowest BCUT2D eigenvalue weighted by Crippen LogP contribution is -2.36. The zero-order valence-electron chi connectivity index (χ0n) is 23.0. The number of nitriles is 1. The van der Waals surface area contributed by atoms with E-state index in [0.717, 1.165) is 30.8 Å². The van der Waals surface area contributed by atoms with Crippen LogP contribution in [0.25, 0.3) is 17.1 Å². The van der Waals surface area contributed by atoms with E-state index in [4.69, 9.17) is 0 Å². The van der Waals surface area contributed by atoms with E-state index in [2.05, 4.69) is 49.1 Å². The van der Waals surface area contributed by atoms with Gasteiger partial charge in [-0.15, -0.1) is 18.3 Å². The summed E-state index contributed by atoms with van der Waals surface area (Å²) in [5.74, 6) is 0.879. The molecule has 0 bridgehead atoms. The molecule has 43 heavy (non-hydrogen) atoms. The number of nitrogens with zero attached hydrogens (tertiary/aromatic N) is 6. The molecule has 1 aromatic heterocycles. The molecular formula is C30H26F3N7O2S. The van der Waals surface area contributed by atoms with Crippen molar-refractivity contribution in [2.75, 3.05) is 17.2 Å². The maximum atomic E-state index is 12.9. The molecule has 2 heterocycles. The van der Waals surface area contributed by atoms with Crippen LogP contribution in [0, 0.1) is 11.3 Å². The highest BCUT2D eigenvalue weighted by molar-refractivity contribution is 8.14. The number of carbonyl (C=O) groups is 1. The summed E-state index contributed by atoms with van der Waals surface area (Å²) in [7, 11) is 0. The van der Waals surface area contributed by atoms with Crippen molar-refractivity contribution in [2.24, 2.45) is 4.99 Å². The minimum Gasteiger partial charge on any atom is -0.406 e. The van der Waals surface area contributed by atoms with Crippen molar-refractivity contribution < 1.29 is 22.7 Å². The number of nitrogens with one attached hydrogen (secondary N) is 1.